The maximum atomic E-state index is 10.7. The van der Waals surface area contributed by atoms with Crippen LogP contribution in [-0.4, -0.2) is 17.2 Å². The van der Waals surface area contributed by atoms with Crippen molar-refractivity contribution in [1.29, 1.82) is 0 Å². The van der Waals surface area contributed by atoms with Gasteiger partial charge in [-0.25, -0.2) is 0 Å². The van der Waals surface area contributed by atoms with E-state index in [1.165, 1.54) is 6.92 Å². The maximum Gasteiger partial charge on any atom is 0.307 e. The predicted molar refractivity (Wildman–Crippen MR) is 55.6 cm³/mol. The van der Waals surface area contributed by atoms with Gasteiger partial charge in [0, 0.05) is 6.92 Å². The zero-order chi connectivity index (χ0) is 11.0. The second-order valence-corrected chi connectivity index (χ2v) is 2.89. The van der Waals surface area contributed by atoms with Crippen LogP contribution in [0.3, 0.4) is 0 Å². The van der Waals surface area contributed by atoms with Crippen LogP contribution in [0, 0.1) is 0 Å². The molecule has 0 aromatic heterocycles. The summed E-state index contributed by atoms with van der Waals surface area (Å²) in [6, 6.07) is 0. The Kier molecular flexibility index (Phi) is 6.76. The predicted octanol–water partition coefficient (Wildman–Crippen LogP) is 2.17. The van der Waals surface area contributed by atoms with Gasteiger partial charge in [-0.15, -0.1) is 0 Å². The van der Waals surface area contributed by atoms with Gasteiger partial charge in [-0.2, -0.15) is 0 Å². The largest absolute Gasteiger partial charge is 0.428 e. The molecule has 1 unspecified atom stereocenters. The Morgan fingerprint density at radius 2 is 2.07 bits per heavy atom. The fourth-order valence-corrected chi connectivity index (χ4v) is 0.950. The average Bonchev–Trinajstić information content (AvgIpc) is 2.13. The number of hydrogen-bond donors (Lipinski definition) is 1. The SMILES string of the molecule is CCC=CC(O)C(=CCC)OC(C)=O. The van der Waals surface area contributed by atoms with Gasteiger partial charge in [-0.3, -0.25) is 4.79 Å². The molecule has 0 rings (SSSR count). The van der Waals surface area contributed by atoms with Gasteiger partial charge in [-0.05, 0) is 18.9 Å². The zero-order valence-electron chi connectivity index (χ0n) is 8.99. The van der Waals surface area contributed by atoms with Gasteiger partial charge >= 0.3 is 5.97 Å². The third-order valence-electron chi connectivity index (χ3n) is 1.51. The summed E-state index contributed by atoms with van der Waals surface area (Å²) < 4.78 is 4.87. The molecule has 0 radical (unpaired) electrons. The highest BCUT2D eigenvalue weighted by atomic mass is 16.5. The normalized spacial score (nSPS) is 14.4. The quantitative estimate of drug-likeness (QED) is 0.418. The molecule has 0 aliphatic carbocycles. The van der Waals surface area contributed by atoms with Crippen LogP contribution in [0.1, 0.15) is 33.6 Å². The number of esters is 1. The second kappa shape index (κ2) is 7.33. The van der Waals surface area contributed by atoms with Crippen molar-refractivity contribution in [3.8, 4) is 0 Å². The van der Waals surface area contributed by atoms with E-state index in [0.717, 1.165) is 12.8 Å². The van der Waals surface area contributed by atoms with E-state index in [1.807, 2.05) is 19.9 Å². The van der Waals surface area contributed by atoms with Crippen molar-refractivity contribution in [3.05, 3.63) is 24.0 Å². The molecule has 1 atom stereocenters. The van der Waals surface area contributed by atoms with Gasteiger partial charge in [0.2, 0.25) is 0 Å². The van der Waals surface area contributed by atoms with Gasteiger partial charge < -0.3 is 9.84 Å². The molecule has 0 aliphatic rings. The molecule has 3 heteroatoms. The lowest BCUT2D eigenvalue weighted by Gasteiger charge is -2.10. The summed E-state index contributed by atoms with van der Waals surface area (Å²) in [6.45, 7) is 5.21. The summed E-state index contributed by atoms with van der Waals surface area (Å²) in [6.07, 6.45) is 5.89. The number of allylic oxidation sites excluding steroid dienone is 2. The summed E-state index contributed by atoms with van der Waals surface area (Å²) in [7, 11) is 0. The molecular formula is C11H18O3. The molecule has 0 spiro atoms. The van der Waals surface area contributed by atoms with Crippen molar-refractivity contribution in [3.63, 3.8) is 0 Å². The number of carbonyl (C=O) groups is 1. The molecule has 80 valence electrons. The van der Waals surface area contributed by atoms with E-state index in [-0.39, 0.29) is 0 Å². The van der Waals surface area contributed by atoms with Gasteiger partial charge in [0.25, 0.3) is 0 Å². The van der Waals surface area contributed by atoms with Gasteiger partial charge in [0.1, 0.15) is 11.9 Å². The van der Waals surface area contributed by atoms with Crippen molar-refractivity contribution >= 4 is 5.97 Å². The van der Waals surface area contributed by atoms with Crippen LogP contribution in [0.25, 0.3) is 0 Å². The Labute approximate surface area is 85.1 Å². The molecule has 14 heavy (non-hydrogen) atoms. The molecule has 0 amide bonds. The highest BCUT2D eigenvalue weighted by molar-refractivity contribution is 5.67. The maximum absolute atomic E-state index is 10.7. The topological polar surface area (TPSA) is 46.5 Å². The molecule has 0 heterocycles. The first-order valence-corrected chi connectivity index (χ1v) is 4.85. The molecule has 3 nitrogen and oxygen atoms in total. The molecule has 0 saturated heterocycles. The summed E-state index contributed by atoms with van der Waals surface area (Å²) in [5.74, 6) is -0.0988. The molecular weight excluding hydrogens is 180 g/mol. The van der Waals surface area contributed by atoms with E-state index < -0.39 is 12.1 Å². The highest BCUT2D eigenvalue weighted by Crippen LogP contribution is 2.08. The number of hydrogen-bond acceptors (Lipinski definition) is 3. The fraction of sp³-hybridized carbons (Fsp3) is 0.545. The lowest BCUT2D eigenvalue weighted by molar-refractivity contribution is -0.138. The minimum absolute atomic E-state index is 0.310. The minimum Gasteiger partial charge on any atom is -0.428 e. The van der Waals surface area contributed by atoms with E-state index >= 15 is 0 Å². The molecule has 1 N–H and O–H groups in total. The third-order valence-corrected chi connectivity index (χ3v) is 1.51. The average molecular weight is 198 g/mol. The lowest BCUT2D eigenvalue weighted by Crippen LogP contribution is -2.12. The number of aliphatic hydroxyl groups is 1. The van der Waals surface area contributed by atoms with Crippen molar-refractivity contribution in [2.45, 2.75) is 39.7 Å². The van der Waals surface area contributed by atoms with Gasteiger partial charge in [0.05, 0.1) is 0 Å². The van der Waals surface area contributed by atoms with Crippen molar-refractivity contribution in [2.75, 3.05) is 0 Å². The van der Waals surface area contributed by atoms with Crippen LogP contribution >= 0.6 is 0 Å². The highest BCUT2D eigenvalue weighted by Gasteiger charge is 2.09. The summed E-state index contributed by atoms with van der Waals surface area (Å²) in [5.41, 5.74) is 0. The van der Waals surface area contributed by atoms with Crippen molar-refractivity contribution < 1.29 is 14.6 Å². The standard InChI is InChI=1S/C11H18O3/c1-4-6-8-10(13)11(7-5-2)14-9(3)12/h6-8,10,13H,4-5H2,1-3H3. The smallest absolute Gasteiger partial charge is 0.307 e. The Morgan fingerprint density at radius 1 is 1.43 bits per heavy atom. The van der Waals surface area contributed by atoms with Crippen molar-refractivity contribution in [2.24, 2.45) is 0 Å². The summed E-state index contributed by atoms with van der Waals surface area (Å²) in [4.78, 5) is 10.7. The second-order valence-electron chi connectivity index (χ2n) is 2.89. The molecule has 0 bridgehead atoms. The van der Waals surface area contributed by atoms with E-state index in [9.17, 15) is 9.90 Å². The number of carbonyl (C=O) groups excluding carboxylic acids is 1. The Hall–Kier alpha value is -1.09. The molecule has 0 aromatic carbocycles. The first kappa shape index (κ1) is 12.9. The van der Waals surface area contributed by atoms with Crippen LogP contribution in [-0.2, 0) is 9.53 Å². The van der Waals surface area contributed by atoms with E-state index in [0.29, 0.717) is 5.76 Å². The zero-order valence-corrected chi connectivity index (χ0v) is 8.99. The first-order valence-electron chi connectivity index (χ1n) is 4.85. The van der Waals surface area contributed by atoms with Gasteiger partial charge in [-0.1, -0.05) is 26.0 Å². The molecule has 0 fully saturated rings. The number of aliphatic hydroxyl groups excluding tert-OH is 1. The number of rotatable bonds is 5. The summed E-state index contributed by atoms with van der Waals surface area (Å²) >= 11 is 0. The van der Waals surface area contributed by atoms with Crippen LogP contribution in [0.15, 0.2) is 24.0 Å². The van der Waals surface area contributed by atoms with E-state index in [2.05, 4.69) is 0 Å². The van der Waals surface area contributed by atoms with Crippen LogP contribution < -0.4 is 0 Å². The molecule has 0 aliphatic heterocycles. The van der Waals surface area contributed by atoms with E-state index in [1.54, 1.807) is 12.2 Å². The Morgan fingerprint density at radius 3 is 2.50 bits per heavy atom. The molecule has 0 aromatic rings. The minimum atomic E-state index is -0.821. The summed E-state index contributed by atoms with van der Waals surface area (Å²) in [5, 5.41) is 9.59. The Balaban J connectivity index is 4.41. The molecule has 0 saturated carbocycles. The van der Waals surface area contributed by atoms with Crippen LogP contribution in [0.5, 0.6) is 0 Å². The van der Waals surface area contributed by atoms with Crippen LogP contribution in [0.2, 0.25) is 0 Å². The fourth-order valence-electron chi connectivity index (χ4n) is 0.950. The number of ether oxygens (including phenoxy) is 1. The monoisotopic (exact) mass is 198 g/mol. The Bertz CT molecular complexity index is 229. The van der Waals surface area contributed by atoms with E-state index in [4.69, 9.17) is 4.74 Å². The third kappa shape index (κ3) is 5.54. The first-order chi connectivity index (χ1) is 6.61. The van der Waals surface area contributed by atoms with Crippen LogP contribution in [0.4, 0.5) is 0 Å². The lowest BCUT2D eigenvalue weighted by atomic mass is 10.2. The van der Waals surface area contributed by atoms with Crippen molar-refractivity contribution in [1.82, 2.24) is 0 Å². The van der Waals surface area contributed by atoms with Gasteiger partial charge in [0.15, 0.2) is 0 Å².